The highest BCUT2D eigenvalue weighted by molar-refractivity contribution is 6.36. The third-order valence-electron chi connectivity index (χ3n) is 1.58. The van der Waals surface area contributed by atoms with Crippen LogP contribution in [0.25, 0.3) is 0 Å². The number of hydrogen-bond acceptors (Lipinski definition) is 5. The summed E-state index contributed by atoms with van der Waals surface area (Å²) in [6, 6.07) is 0. The van der Waals surface area contributed by atoms with Crippen LogP contribution in [0.4, 0.5) is 0 Å². The second kappa shape index (κ2) is 7.89. The molecule has 0 aromatic heterocycles. The average Bonchev–Trinajstić information content (AvgIpc) is 2.26. The summed E-state index contributed by atoms with van der Waals surface area (Å²) in [7, 11) is 0. The van der Waals surface area contributed by atoms with E-state index >= 15 is 0 Å². The lowest BCUT2D eigenvalue weighted by Crippen LogP contribution is -2.43. The zero-order valence-electron chi connectivity index (χ0n) is 8.31. The number of nitrogens with zero attached hydrogens (tertiary/aromatic N) is 1. The molecule has 7 nitrogen and oxygen atoms in total. The summed E-state index contributed by atoms with van der Waals surface area (Å²) in [6.07, 6.45) is 0.730. The number of nitrogens with two attached hydrogens (primary N) is 1. The molecule has 0 aliphatic carbocycles. The van der Waals surface area contributed by atoms with Crippen molar-refractivity contribution in [3.63, 3.8) is 0 Å². The fourth-order valence-electron chi connectivity index (χ4n) is 0.839. The monoisotopic (exact) mass is 217 g/mol. The van der Waals surface area contributed by atoms with Gasteiger partial charge in [-0.15, -0.1) is 0 Å². The van der Waals surface area contributed by atoms with E-state index < -0.39 is 11.8 Å². The molecule has 0 radical (unpaired) electrons. The number of amides is 3. The van der Waals surface area contributed by atoms with Crippen molar-refractivity contribution < 1.29 is 19.5 Å². The number of hydrogen-bond donors (Lipinski definition) is 3. The van der Waals surface area contributed by atoms with Crippen molar-refractivity contribution in [3.05, 3.63) is 0 Å². The van der Waals surface area contributed by atoms with Gasteiger partial charge in [-0.1, -0.05) is 0 Å². The summed E-state index contributed by atoms with van der Waals surface area (Å²) in [5, 5.41) is 10.6. The van der Waals surface area contributed by atoms with E-state index in [1.54, 1.807) is 0 Å². The van der Waals surface area contributed by atoms with Crippen LogP contribution in [0.5, 0.6) is 0 Å². The van der Waals surface area contributed by atoms with Crippen molar-refractivity contribution in [1.29, 1.82) is 0 Å². The van der Waals surface area contributed by atoms with Gasteiger partial charge in [0.2, 0.25) is 6.41 Å². The third kappa shape index (κ3) is 5.08. The Morgan fingerprint density at radius 3 is 2.60 bits per heavy atom. The Balaban J connectivity index is 4.12. The Morgan fingerprint density at radius 1 is 1.47 bits per heavy atom. The predicted octanol–water partition coefficient (Wildman–Crippen LogP) is -2.57. The van der Waals surface area contributed by atoms with Crippen LogP contribution in [0.1, 0.15) is 6.42 Å². The normalized spacial score (nSPS) is 9.47. The van der Waals surface area contributed by atoms with Crippen molar-refractivity contribution in [2.45, 2.75) is 6.42 Å². The van der Waals surface area contributed by atoms with Crippen LogP contribution in [0.3, 0.4) is 0 Å². The molecule has 86 valence electrons. The van der Waals surface area contributed by atoms with E-state index in [0.29, 0.717) is 13.0 Å². The van der Waals surface area contributed by atoms with Crippen molar-refractivity contribution in [2.75, 3.05) is 26.2 Å². The fraction of sp³-hybridized carbons (Fsp3) is 0.625. The molecule has 0 aromatic carbocycles. The quantitative estimate of drug-likeness (QED) is 0.334. The molecule has 0 saturated heterocycles. The maximum absolute atomic E-state index is 11.2. The largest absolute Gasteiger partial charge is 0.395 e. The van der Waals surface area contributed by atoms with Crippen molar-refractivity contribution >= 4 is 18.2 Å². The van der Waals surface area contributed by atoms with Gasteiger partial charge in [-0.05, 0) is 13.0 Å². The van der Waals surface area contributed by atoms with E-state index in [1.165, 1.54) is 0 Å². The fourth-order valence-corrected chi connectivity index (χ4v) is 0.839. The molecule has 4 N–H and O–H groups in total. The van der Waals surface area contributed by atoms with Crippen LogP contribution < -0.4 is 11.1 Å². The first-order valence-corrected chi connectivity index (χ1v) is 4.52. The van der Waals surface area contributed by atoms with Gasteiger partial charge in [0.05, 0.1) is 6.61 Å². The molecule has 0 rings (SSSR count). The number of rotatable bonds is 6. The molecule has 0 saturated carbocycles. The lowest BCUT2D eigenvalue weighted by atomic mass is 10.3. The van der Waals surface area contributed by atoms with Crippen LogP contribution in [-0.4, -0.2) is 54.5 Å². The van der Waals surface area contributed by atoms with Crippen molar-refractivity contribution in [1.82, 2.24) is 10.2 Å². The second-order valence-electron chi connectivity index (χ2n) is 2.73. The summed E-state index contributed by atoms with van der Waals surface area (Å²) in [5.41, 5.74) is 5.20. The minimum Gasteiger partial charge on any atom is -0.395 e. The first-order valence-electron chi connectivity index (χ1n) is 4.52. The second-order valence-corrected chi connectivity index (χ2v) is 2.73. The number of nitrogens with one attached hydrogen (secondary N) is 1. The van der Waals surface area contributed by atoms with Gasteiger partial charge in [0.15, 0.2) is 0 Å². The van der Waals surface area contributed by atoms with Gasteiger partial charge in [-0.25, -0.2) is 0 Å². The maximum atomic E-state index is 11.2. The smallest absolute Gasteiger partial charge is 0.318 e. The standard InChI is InChI=1S/C8H15N3O4/c9-2-1-4-11(6-13)8(15)7(14)10-3-5-12/h6,12H,1-5,9H2,(H,10,14). The Hall–Kier alpha value is -1.47. The lowest BCUT2D eigenvalue weighted by Gasteiger charge is -2.13. The summed E-state index contributed by atoms with van der Waals surface area (Å²) in [4.78, 5) is 33.5. The topological polar surface area (TPSA) is 113 Å². The summed E-state index contributed by atoms with van der Waals surface area (Å²) >= 11 is 0. The summed E-state index contributed by atoms with van der Waals surface area (Å²) in [6.45, 7) is 0.165. The predicted molar refractivity (Wildman–Crippen MR) is 51.5 cm³/mol. The number of aliphatic hydroxyl groups excluding tert-OH is 1. The Labute approximate surface area is 87.2 Å². The highest BCUT2D eigenvalue weighted by Crippen LogP contribution is 1.88. The number of aliphatic hydroxyl groups is 1. The van der Waals surface area contributed by atoms with Crippen LogP contribution in [0, 0.1) is 0 Å². The molecule has 0 heterocycles. The van der Waals surface area contributed by atoms with Gasteiger partial charge >= 0.3 is 11.8 Å². The van der Waals surface area contributed by atoms with Crippen LogP contribution in [0.2, 0.25) is 0 Å². The molecular weight excluding hydrogens is 202 g/mol. The minimum absolute atomic E-state index is 0.0197. The highest BCUT2D eigenvalue weighted by atomic mass is 16.3. The lowest BCUT2D eigenvalue weighted by molar-refractivity contribution is -0.148. The molecule has 0 bridgehead atoms. The Kier molecular flexibility index (Phi) is 7.12. The first-order chi connectivity index (χ1) is 7.17. The molecule has 0 fully saturated rings. The van der Waals surface area contributed by atoms with E-state index in [-0.39, 0.29) is 26.1 Å². The molecule has 0 aliphatic rings. The molecule has 0 atom stereocenters. The van der Waals surface area contributed by atoms with Gasteiger partial charge in [-0.2, -0.15) is 0 Å². The maximum Gasteiger partial charge on any atom is 0.318 e. The SMILES string of the molecule is NCCCN(C=O)C(=O)C(=O)NCCO. The van der Waals surface area contributed by atoms with Crippen molar-refractivity contribution in [2.24, 2.45) is 5.73 Å². The highest BCUT2D eigenvalue weighted by Gasteiger charge is 2.20. The zero-order valence-corrected chi connectivity index (χ0v) is 8.31. The van der Waals surface area contributed by atoms with Gasteiger partial charge in [0.25, 0.3) is 0 Å². The summed E-state index contributed by atoms with van der Waals surface area (Å²) in [5.74, 6) is -1.85. The molecule has 15 heavy (non-hydrogen) atoms. The molecule has 3 amide bonds. The van der Waals surface area contributed by atoms with Crippen LogP contribution >= 0.6 is 0 Å². The first kappa shape index (κ1) is 13.5. The molecule has 0 aromatic rings. The summed E-state index contributed by atoms with van der Waals surface area (Å²) < 4.78 is 0. The molecule has 0 aliphatic heterocycles. The Bertz CT molecular complexity index is 232. The third-order valence-corrected chi connectivity index (χ3v) is 1.58. The van der Waals surface area contributed by atoms with E-state index in [0.717, 1.165) is 4.90 Å². The van der Waals surface area contributed by atoms with E-state index in [9.17, 15) is 14.4 Å². The number of carbonyl (C=O) groups excluding carboxylic acids is 3. The number of imide groups is 1. The van der Waals surface area contributed by atoms with Crippen molar-refractivity contribution in [3.8, 4) is 0 Å². The number of carbonyl (C=O) groups is 3. The van der Waals surface area contributed by atoms with E-state index in [2.05, 4.69) is 5.32 Å². The zero-order chi connectivity index (χ0) is 11.7. The molecule has 0 spiro atoms. The van der Waals surface area contributed by atoms with E-state index in [4.69, 9.17) is 10.8 Å². The van der Waals surface area contributed by atoms with Crippen LogP contribution in [0.15, 0.2) is 0 Å². The molecule has 0 unspecified atom stereocenters. The van der Waals surface area contributed by atoms with Crippen LogP contribution in [-0.2, 0) is 14.4 Å². The van der Waals surface area contributed by atoms with Gasteiger partial charge in [0.1, 0.15) is 0 Å². The van der Waals surface area contributed by atoms with E-state index in [1.807, 2.05) is 0 Å². The average molecular weight is 217 g/mol. The Morgan fingerprint density at radius 2 is 2.13 bits per heavy atom. The molecule has 7 heteroatoms. The minimum atomic E-state index is -0.938. The van der Waals surface area contributed by atoms with Gasteiger partial charge < -0.3 is 16.2 Å². The van der Waals surface area contributed by atoms with Gasteiger partial charge in [-0.3, -0.25) is 19.3 Å². The van der Waals surface area contributed by atoms with Gasteiger partial charge in [0, 0.05) is 13.1 Å². The molecular formula is C8H15N3O4.